The molecule has 114 valence electrons. The highest BCUT2D eigenvalue weighted by molar-refractivity contribution is 7.20. The number of piperazine rings is 1. The number of hydrogen-bond acceptors (Lipinski definition) is 4. The molecule has 1 aliphatic heterocycles. The lowest BCUT2D eigenvalue weighted by Gasteiger charge is -2.32. The van der Waals surface area contributed by atoms with E-state index in [1.807, 2.05) is 6.07 Å². The summed E-state index contributed by atoms with van der Waals surface area (Å²) in [7, 11) is 2.19. The first-order chi connectivity index (χ1) is 9.56. The smallest absolute Gasteiger partial charge is 0.0991 e. The van der Waals surface area contributed by atoms with Crippen molar-refractivity contribution >= 4 is 34.5 Å². The molecular weight excluding hydrogens is 313 g/mol. The summed E-state index contributed by atoms with van der Waals surface area (Å²) in [6.45, 7) is 9.08. The molecule has 1 unspecified atom stereocenters. The monoisotopic (exact) mass is 335 g/mol. The maximum Gasteiger partial charge on any atom is 0.0991 e. The number of thiophene rings is 1. The third kappa shape index (κ3) is 4.86. The molecule has 1 aliphatic rings. The predicted octanol–water partition coefficient (Wildman–Crippen LogP) is 3.34. The molecule has 1 fully saturated rings. The highest BCUT2D eigenvalue weighted by Crippen LogP contribution is 2.34. The third-order valence-corrected chi connectivity index (χ3v) is 5.37. The van der Waals surface area contributed by atoms with Crippen molar-refractivity contribution in [3.05, 3.63) is 20.3 Å². The second-order valence-corrected chi connectivity index (χ2v) is 7.74. The first-order valence-corrected chi connectivity index (χ1v) is 8.72. The van der Waals surface area contributed by atoms with Gasteiger partial charge >= 0.3 is 0 Å². The fourth-order valence-corrected chi connectivity index (χ4v) is 4.10. The highest BCUT2D eigenvalue weighted by atomic mass is 35.5. The molecule has 0 amide bonds. The second kappa shape index (κ2) is 7.97. The summed E-state index contributed by atoms with van der Waals surface area (Å²) in [6.07, 6.45) is 1.17. The lowest BCUT2D eigenvalue weighted by Crippen LogP contribution is -2.45. The summed E-state index contributed by atoms with van der Waals surface area (Å²) in [6, 6.07) is 2.23. The Balaban J connectivity index is 1.64. The van der Waals surface area contributed by atoms with Gasteiger partial charge in [0.15, 0.2) is 0 Å². The van der Waals surface area contributed by atoms with Crippen LogP contribution in [-0.2, 0) is 0 Å². The van der Waals surface area contributed by atoms with E-state index < -0.39 is 0 Å². The van der Waals surface area contributed by atoms with Crippen LogP contribution in [0.25, 0.3) is 0 Å². The Bertz CT molecular complexity index is 417. The van der Waals surface area contributed by atoms with Crippen molar-refractivity contribution in [1.29, 1.82) is 0 Å². The number of rotatable bonds is 6. The Morgan fingerprint density at radius 1 is 1.30 bits per heavy atom. The standard InChI is InChI=1S/C14H23Cl2N3S/c1-11(12-10-13(15)20-14(12)16)17-4-3-5-19-8-6-18(2)7-9-19/h10-11,17H,3-9H2,1-2H3. The quantitative estimate of drug-likeness (QED) is 0.804. The molecule has 0 saturated carbocycles. The van der Waals surface area contributed by atoms with Gasteiger partial charge in [-0.2, -0.15) is 0 Å². The highest BCUT2D eigenvalue weighted by Gasteiger charge is 2.14. The molecule has 0 aliphatic carbocycles. The fraction of sp³-hybridized carbons (Fsp3) is 0.714. The van der Waals surface area contributed by atoms with Crippen LogP contribution in [0.5, 0.6) is 0 Å². The third-order valence-electron chi connectivity index (χ3n) is 3.85. The van der Waals surface area contributed by atoms with Gasteiger partial charge in [0, 0.05) is 32.2 Å². The van der Waals surface area contributed by atoms with Crippen molar-refractivity contribution in [1.82, 2.24) is 15.1 Å². The van der Waals surface area contributed by atoms with Crippen LogP contribution in [0.1, 0.15) is 24.9 Å². The van der Waals surface area contributed by atoms with Crippen LogP contribution in [-0.4, -0.2) is 56.1 Å². The van der Waals surface area contributed by atoms with E-state index in [0.717, 1.165) is 20.8 Å². The molecule has 0 aromatic carbocycles. The Labute approximate surface area is 135 Å². The topological polar surface area (TPSA) is 18.5 Å². The molecule has 1 aromatic rings. The van der Waals surface area contributed by atoms with Crippen molar-refractivity contribution in [3.63, 3.8) is 0 Å². The number of hydrogen-bond donors (Lipinski definition) is 1. The van der Waals surface area contributed by atoms with E-state index in [4.69, 9.17) is 23.2 Å². The molecule has 3 nitrogen and oxygen atoms in total. The maximum atomic E-state index is 6.17. The van der Waals surface area contributed by atoms with Gasteiger partial charge in [0.1, 0.15) is 0 Å². The van der Waals surface area contributed by atoms with E-state index in [1.165, 1.54) is 50.5 Å². The van der Waals surface area contributed by atoms with Gasteiger partial charge in [-0.3, -0.25) is 0 Å². The zero-order valence-electron chi connectivity index (χ0n) is 12.2. The van der Waals surface area contributed by atoms with Crippen molar-refractivity contribution in [2.45, 2.75) is 19.4 Å². The van der Waals surface area contributed by atoms with Crippen LogP contribution in [0.4, 0.5) is 0 Å². The molecule has 6 heteroatoms. The normalized spacial score (nSPS) is 19.4. The fourth-order valence-electron chi connectivity index (χ4n) is 2.45. The summed E-state index contributed by atoms with van der Waals surface area (Å²) in [4.78, 5) is 4.93. The summed E-state index contributed by atoms with van der Waals surface area (Å²) >= 11 is 13.6. The lowest BCUT2D eigenvalue weighted by molar-refractivity contribution is 0.152. The number of nitrogens with zero attached hydrogens (tertiary/aromatic N) is 2. The first kappa shape index (κ1) is 16.5. The summed E-state index contributed by atoms with van der Waals surface area (Å²) in [5.74, 6) is 0. The number of halogens is 2. The molecule has 20 heavy (non-hydrogen) atoms. The molecule has 0 bridgehead atoms. The van der Waals surface area contributed by atoms with Crippen molar-refractivity contribution in [2.24, 2.45) is 0 Å². The maximum absolute atomic E-state index is 6.17. The Kier molecular flexibility index (Phi) is 6.59. The van der Waals surface area contributed by atoms with Crippen molar-refractivity contribution in [3.8, 4) is 0 Å². The molecular formula is C14H23Cl2N3S. The van der Waals surface area contributed by atoms with Gasteiger partial charge in [-0.25, -0.2) is 0 Å². The minimum Gasteiger partial charge on any atom is -0.310 e. The van der Waals surface area contributed by atoms with Gasteiger partial charge in [0.05, 0.1) is 8.67 Å². The molecule has 0 radical (unpaired) electrons. The van der Waals surface area contributed by atoms with Crippen LogP contribution in [0.3, 0.4) is 0 Å². The van der Waals surface area contributed by atoms with E-state index in [-0.39, 0.29) is 6.04 Å². The average molecular weight is 336 g/mol. The Morgan fingerprint density at radius 2 is 2.00 bits per heavy atom. The van der Waals surface area contributed by atoms with Crippen LogP contribution < -0.4 is 5.32 Å². The number of nitrogens with one attached hydrogen (secondary N) is 1. The van der Waals surface area contributed by atoms with Crippen molar-refractivity contribution in [2.75, 3.05) is 46.3 Å². The Hall–Kier alpha value is 0.160. The van der Waals surface area contributed by atoms with Crippen LogP contribution in [0.15, 0.2) is 6.07 Å². The van der Waals surface area contributed by atoms with E-state index in [0.29, 0.717) is 0 Å². The van der Waals surface area contributed by atoms with Gasteiger partial charge in [0.2, 0.25) is 0 Å². The van der Waals surface area contributed by atoms with Gasteiger partial charge in [-0.15, -0.1) is 11.3 Å². The molecule has 2 heterocycles. The van der Waals surface area contributed by atoms with E-state index in [2.05, 4.69) is 29.1 Å². The largest absolute Gasteiger partial charge is 0.310 e. The molecule has 0 spiro atoms. The van der Waals surface area contributed by atoms with E-state index >= 15 is 0 Å². The van der Waals surface area contributed by atoms with Crippen LogP contribution in [0, 0.1) is 0 Å². The minimum absolute atomic E-state index is 0.263. The Morgan fingerprint density at radius 3 is 2.60 bits per heavy atom. The zero-order chi connectivity index (χ0) is 14.5. The zero-order valence-corrected chi connectivity index (χ0v) is 14.5. The molecule has 1 saturated heterocycles. The van der Waals surface area contributed by atoms with Gasteiger partial charge < -0.3 is 15.1 Å². The molecule has 1 atom stereocenters. The summed E-state index contributed by atoms with van der Waals surface area (Å²) in [5.41, 5.74) is 1.11. The van der Waals surface area contributed by atoms with Crippen LogP contribution in [0.2, 0.25) is 8.67 Å². The molecule has 1 N–H and O–H groups in total. The first-order valence-electron chi connectivity index (χ1n) is 7.15. The minimum atomic E-state index is 0.263. The SMILES string of the molecule is CC(NCCCN1CCN(C)CC1)c1cc(Cl)sc1Cl. The van der Waals surface area contributed by atoms with Gasteiger partial charge in [-0.05, 0) is 45.1 Å². The molecule has 1 aromatic heterocycles. The van der Waals surface area contributed by atoms with E-state index in [9.17, 15) is 0 Å². The lowest BCUT2D eigenvalue weighted by atomic mass is 10.2. The van der Waals surface area contributed by atoms with Gasteiger partial charge in [0.25, 0.3) is 0 Å². The van der Waals surface area contributed by atoms with Crippen LogP contribution >= 0.6 is 34.5 Å². The van der Waals surface area contributed by atoms with Crippen molar-refractivity contribution < 1.29 is 0 Å². The molecule has 2 rings (SSSR count). The summed E-state index contributed by atoms with van der Waals surface area (Å²) < 4.78 is 1.56. The second-order valence-electron chi connectivity index (χ2n) is 5.45. The van der Waals surface area contributed by atoms with E-state index in [1.54, 1.807) is 0 Å². The summed E-state index contributed by atoms with van der Waals surface area (Å²) in [5, 5.41) is 3.53. The average Bonchev–Trinajstić information content (AvgIpc) is 2.75. The number of likely N-dealkylation sites (N-methyl/N-ethyl adjacent to an activating group) is 1. The van der Waals surface area contributed by atoms with Gasteiger partial charge in [-0.1, -0.05) is 23.2 Å². The predicted molar refractivity (Wildman–Crippen MR) is 89.3 cm³/mol.